The van der Waals surface area contributed by atoms with Gasteiger partial charge in [-0.25, -0.2) is 0 Å². The third kappa shape index (κ3) is 6.38. The van der Waals surface area contributed by atoms with Crippen molar-refractivity contribution >= 4 is 15.9 Å². The van der Waals surface area contributed by atoms with Gasteiger partial charge in [-0.15, -0.1) is 0 Å². The fourth-order valence-corrected chi connectivity index (χ4v) is 2.49. The maximum absolute atomic E-state index is 3.56. The summed E-state index contributed by atoms with van der Waals surface area (Å²) < 4.78 is 1.14. The average Bonchev–Trinajstić information content (AvgIpc) is 2.39. The molecule has 1 N–H and O–H groups in total. The lowest BCUT2D eigenvalue weighted by Crippen LogP contribution is -2.39. The van der Waals surface area contributed by atoms with Crippen molar-refractivity contribution in [1.82, 2.24) is 10.2 Å². The first-order chi connectivity index (χ1) is 9.40. The van der Waals surface area contributed by atoms with Crippen LogP contribution in [0.2, 0.25) is 0 Å². The van der Waals surface area contributed by atoms with Crippen LogP contribution >= 0.6 is 15.9 Å². The molecule has 3 heteroatoms. The quantitative estimate of drug-likeness (QED) is 0.764. The van der Waals surface area contributed by atoms with Gasteiger partial charge in [-0.3, -0.25) is 4.90 Å². The van der Waals surface area contributed by atoms with Gasteiger partial charge in [-0.1, -0.05) is 48.8 Å². The summed E-state index contributed by atoms with van der Waals surface area (Å²) in [5, 5.41) is 3.56. The maximum atomic E-state index is 3.56. The van der Waals surface area contributed by atoms with E-state index in [1.54, 1.807) is 0 Å². The molecule has 0 bridgehead atoms. The molecule has 114 valence electrons. The van der Waals surface area contributed by atoms with Crippen LogP contribution in [-0.2, 0) is 6.54 Å². The van der Waals surface area contributed by atoms with Gasteiger partial charge in [0, 0.05) is 17.1 Å². The van der Waals surface area contributed by atoms with E-state index in [4.69, 9.17) is 0 Å². The Kier molecular flexibility index (Phi) is 7.78. The lowest BCUT2D eigenvalue weighted by molar-refractivity contribution is 0.188. The first kappa shape index (κ1) is 17.7. The molecule has 1 rings (SSSR count). The van der Waals surface area contributed by atoms with Gasteiger partial charge in [-0.2, -0.15) is 0 Å². The molecule has 0 saturated heterocycles. The SMILES string of the molecule is CC(C)CNCC(C)C(C)N(C)Cc1ccc(Br)cc1. The zero-order valence-electron chi connectivity index (χ0n) is 13.5. The van der Waals surface area contributed by atoms with Gasteiger partial charge in [0.15, 0.2) is 0 Å². The fraction of sp³-hybridized carbons (Fsp3) is 0.647. The first-order valence-corrected chi connectivity index (χ1v) is 8.34. The van der Waals surface area contributed by atoms with Crippen molar-refractivity contribution in [2.45, 2.75) is 40.3 Å². The van der Waals surface area contributed by atoms with Crippen LogP contribution in [0.25, 0.3) is 0 Å². The normalized spacial score (nSPS) is 14.8. The Labute approximate surface area is 133 Å². The number of nitrogens with zero attached hydrogens (tertiary/aromatic N) is 1. The molecule has 0 aliphatic rings. The van der Waals surface area contributed by atoms with Crippen LogP contribution in [0, 0.1) is 11.8 Å². The first-order valence-electron chi connectivity index (χ1n) is 7.55. The van der Waals surface area contributed by atoms with Crippen LogP contribution in [0.1, 0.15) is 33.3 Å². The molecule has 0 amide bonds. The molecule has 0 heterocycles. The molecule has 0 aromatic heterocycles. The topological polar surface area (TPSA) is 15.3 Å². The summed E-state index contributed by atoms with van der Waals surface area (Å²) in [4.78, 5) is 2.44. The van der Waals surface area contributed by atoms with Crippen LogP contribution < -0.4 is 5.32 Å². The third-order valence-corrected chi connectivity index (χ3v) is 4.41. The van der Waals surface area contributed by atoms with E-state index in [0.29, 0.717) is 12.0 Å². The Morgan fingerprint density at radius 3 is 2.20 bits per heavy atom. The molecule has 2 atom stereocenters. The Morgan fingerprint density at radius 2 is 1.65 bits per heavy atom. The number of halogens is 1. The second-order valence-electron chi connectivity index (χ2n) is 6.31. The van der Waals surface area contributed by atoms with Gasteiger partial charge >= 0.3 is 0 Å². The number of hydrogen-bond acceptors (Lipinski definition) is 2. The minimum absolute atomic E-state index is 0.568. The van der Waals surface area contributed by atoms with Crippen molar-refractivity contribution in [2.75, 3.05) is 20.1 Å². The molecule has 0 fully saturated rings. The van der Waals surface area contributed by atoms with Gasteiger partial charge < -0.3 is 5.32 Å². The Bertz CT molecular complexity index is 375. The number of rotatable bonds is 8. The van der Waals surface area contributed by atoms with Gasteiger partial charge in [-0.05, 0) is 56.6 Å². The summed E-state index contributed by atoms with van der Waals surface area (Å²) in [6, 6.07) is 9.17. The maximum Gasteiger partial charge on any atom is 0.0233 e. The van der Waals surface area contributed by atoms with Crippen molar-refractivity contribution in [3.05, 3.63) is 34.3 Å². The van der Waals surface area contributed by atoms with Crippen molar-refractivity contribution in [2.24, 2.45) is 11.8 Å². The molecule has 20 heavy (non-hydrogen) atoms. The molecule has 0 aliphatic carbocycles. The van der Waals surface area contributed by atoms with Gasteiger partial charge in [0.1, 0.15) is 0 Å². The van der Waals surface area contributed by atoms with E-state index in [0.717, 1.165) is 30.0 Å². The van der Waals surface area contributed by atoms with Crippen LogP contribution in [0.5, 0.6) is 0 Å². The van der Waals surface area contributed by atoms with E-state index in [-0.39, 0.29) is 0 Å². The number of benzene rings is 1. The summed E-state index contributed by atoms with van der Waals surface area (Å²) in [5.74, 6) is 1.37. The molecular weight excluding hydrogens is 312 g/mol. The van der Waals surface area contributed by atoms with Crippen molar-refractivity contribution in [1.29, 1.82) is 0 Å². The van der Waals surface area contributed by atoms with Crippen LogP contribution in [0.3, 0.4) is 0 Å². The van der Waals surface area contributed by atoms with Crippen molar-refractivity contribution < 1.29 is 0 Å². The minimum atomic E-state index is 0.568. The largest absolute Gasteiger partial charge is 0.316 e. The van der Waals surface area contributed by atoms with E-state index in [9.17, 15) is 0 Å². The molecule has 0 spiro atoms. The van der Waals surface area contributed by atoms with Gasteiger partial charge in [0.2, 0.25) is 0 Å². The van der Waals surface area contributed by atoms with E-state index < -0.39 is 0 Å². The zero-order valence-corrected chi connectivity index (χ0v) is 15.1. The molecule has 1 aromatic carbocycles. The predicted octanol–water partition coefficient (Wildman–Crippen LogP) is 4.15. The van der Waals surface area contributed by atoms with Crippen molar-refractivity contribution in [3.8, 4) is 0 Å². The monoisotopic (exact) mass is 340 g/mol. The predicted molar refractivity (Wildman–Crippen MR) is 91.9 cm³/mol. The van der Waals surface area contributed by atoms with E-state index in [1.807, 2.05) is 0 Å². The van der Waals surface area contributed by atoms with Crippen LogP contribution in [0.15, 0.2) is 28.7 Å². The number of nitrogens with one attached hydrogen (secondary N) is 1. The summed E-state index contributed by atoms with van der Waals surface area (Å²) in [6.07, 6.45) is 0. The standard InChI is InChI=1S/C17H29BrN2/c1-13(2)10-19-11-14(3)15(4)20(5)12-16-6-8-17(18)9-7-16/h6-9,13-15,19H,10-12H2,1-5H3. The Hall–Kier alpha value is -0.380. The lowest BCUT2D eigenvalue weighted by Gasteiger charge is -2.30. The second kappa shape index (κ2) is 8.81. The highest BCUT2D eigenvalue weighted by Crippen LogP contribution is 2.15. The van der Waals surface area contributed by atoms with Crippen LogP contribution in [-0.4, -0.2) is 31.1 Å². The summed E-state index contributed by atoms with van der Waals surface area (Å²) in [7, 11) is 2.21. The fourth-order valence-electron chi connectivity index (χ4n) is 2.23. The summed E-state index contributed by atoms with van der Waals surface area (Å²) in [6.45, 7) is 12.3. The molecule has 0 aliphatic heterocycles. The van der Waals surface area contributed by atoms with Gasteiger partial charge in [0.05, 0.1) is 0 Å². The molecule has 2 unspecified atom stereocenters. The summed E-state index contributed by atoms with van der Waals surface area (Å²) in [5.41, 5.74) is 1.37. The third-order valence-electron chi connectivity index (χ3n) is 3.88. The van der Waals surface area contributed by atoms with E-state index >= 15 is 0 Å². The average molecular weight is 341 g/mol. The van der Waals surface area contributed by atoms with E-state index in [1.165, 1.54) is 5.56 Å². The highest BCUT2D eigenvalue weighted by molar-refractivity contribution is 9.10. The Balaban J connectivity index is 2.41. The molecule has 0 radical (unpaired) electrons. The van der Waals surface area contributed by atoms with E-state index in [2.05, 4.69) is 85.2 Å². The highest BCUT2D eigenvalue weighted by atomic mass is 79.9. The molecule has 2 nitrogen and oxygen atoms in total. The number of hydrogen-bond donors (Lipinski definition) is 1. The highest BCUT2D eigenvalue weighted by Gasteiger charge is 2.16. The zero-order chi connectivity index (χ0) is 15.1. The molecule has 0 saturated carbocycles. The smallest absolute Gasteiger partial charge is 0.0233 e. The molecule has 1 aromatic rings. The lowest BCUT2D eigenvalue weighted by atomic mass is 10.0. The van der Waals surface area contributed by atoms with Crippen molar-refractivity contribution in [3.63, 3.8) is 0 Å². The van der Waals surface area contributed by atoms with Gasteiger partial charge in [0.25, 0.3) is 0 Å². The molecular formula is C17H29BrN2. The minimum Gasteiger partial charge on any atom is -0.316 e. The summed E-state index contributed by atoms with van der Waals surface area (Å²) >= 11 is 3.48. The Morgan fingerprint density at radius 1 is 1.05 bits per heavy atom. The van der Waals surface area contributed by atoms with Crippen LogP contribution in [0.4, 0.5) is 0 Å². The second-order valence-corrected chi connectivity index (χ2v) is 7.23.